The number of nitrogens with zero attached hydrogens (tertiary/aromatic N) is 2. The summed E-state index contributed by atoms with van der Waals surface area (Å²) in [5.74, 6) is 0.0520. The van der Waals surface area contributed by atoms with Crippen LogP contribution >= 0.6 is 0 Å². The van der Waals surface area contributed by atoms with Crippen LogP contribution in [0.3, 0.4) is 0 Å². The maximum atomic E-state index is 8.43. The quantitative estimate of drug-likeness (QED) is 0.280. The molecule has 0 saturated carbocycles. The van der Waals surface area contributed by atoms with E-state index in [0.29, 0.717) is 5.69 Å². The average Bonchev–Trinajstić information content (AvgIpc) is 2.08. The van der Waals surface area contributed by atoms with Gasteiger partial charge in [-0.05, 0) is 31.0 Å². The summed E-state index contributed by atoms with van der Waals surface area (Å²) >= 11 is 0. The number of hydrogen-bond donors (Lipinski definition) is 2. The molecule has 1 rings (SSSR count). The van der Waals surface area contributed by atoms with Crippen LogP contribution in [0.5, 0.6) is 0 Å². The van der Waals surface area contributed by atoms with Gasteiger partial charge in [-0.1, -0.05) is 5.16 Å². The van der Waals surface area contributed by atoms with Gasteiger partial charge in [-0.2, -0.15) is 0 Å². The van der Waals surface area contributed by atoms with Gasteiger partial charge >= 0.3 is 0 Å². The minimum atomic E-state index is 0.0520. The first-order chi connectivity index (χ1) is 5.66. The van der Waals surface area contributed by atoms with Gasteiger partial charge < -0.3 is 10.9 Å². The molecular formula is C8H11N3O. The molecule has 0 saturated heterocycles. The van der Waals surface area contributed by atoms with Gasteiger partial charge in [0.1, 0.15) is 5.69 Å². The second-order valence-corrected chi connectivity index (χ2v) is 2.59. The molecule has 3 N–H and O–H groups in total. The van der Waals surface area contributed by atoms with Crippen LogP contribution in [0.15, 0.2) is 17.4 Å². The highest BCUT2D eigenvalue weighted by Crippen LogP contribution is 2.08. The molecule has 0 aromatic carbocycles. The van der Waals surface area contributed by atoms with Crippen molar-refractivity contribution in [3.05, 3.63) is 29.1 Å². The fourth-order valence-corrected chi connectivity index (χ4v) is 0.938. The molecule has 4 heteroatoms. The first kappa shape index (κ1) is 8.52. The molecule has 4 nitrogen and oxygen atoms in total. The van der Waals surface area contributed by atoms with Crippen molar-refractivity contribution < 1.29 is 5.21 Å². The zero-order chi connectivity index (χ0) is 9.14. The van der Waals surface area contributed by atoms with Crippen molar-refractivity contribution in [2.24, 2.45) is 10.9 Å². The van der Waals surface area contributed by atoms with E-state index in [1.165, 1.54) is 0 Å². The van der Waals surface area contributed by atoms with Crippen molar-refractivity contribution in [3.63, 3.8) is 0 Å². The highest BCUT2D eigenvalue weighted by atomic mass is 16.4. The molecule has 0 radical (unpaired) electrons. The first-order valence-corrected chi connectivity index (χ1v) is 3.57. The molecule has 64 valence electrons. The Morgan fingerprint density at radius 1 is 1.58 bits per heavy atom. The predicted molar refractivity (Wildman–Crippen MR) is 46.2 cm³/mol. The summed E-state index contributed by atoms with van der Waals surface area (Å²) < 4.78 is 0. The molecule has 0 aliphatic carbocycles. The molecule has 0 bridgehead atoms. The molecule has 1 aromatic rings. The molecule has 0 spiro atoms. The molecule has 0 aliphatic heterocycles. The summed E-state index contributed by atoms with van der Waals surface area (Å²) in [5, 5.41) is 11.3. The monoisotopic (exact) mass is 165 g/mol. The lowest BCUT2D eigenvalue weighted by Gasteiger charge is -2.04. The SMILES string of the molecule is Cc1ccnc(/C(N)=N/O)c1C. The first-order valence-electron chi connectivity index (χ1n) is 3.57. The van der Waals surface area contributed by atoms with Crippen LogP contribution in [0, 0.1) is 13.8 Å². The van der Waals surface area contributed by atoms with E-state index >= 15 is 0 Å². The molecular weight excluding hydrogens is 154 g/mol. The van der Waals surface area contributed by atoms with Crippen LogP contribution in [0.1, 0.15) is 16.8 Å². The molecule has 1 aromatic heterocycles. The van der Waals surface area contributed by atoms with E-state index in [1.807, 2.05) is 19.9 Å². The average molecular weight is 165 g/mol. The maximum Gasteiger partial charge on any atom is 0.189 e. The Hall–Kier alpha value is -1.58. The van der Waals surface area contributed by atoms with Crippen LogP contribution in [0.25, 0.3) is 0 Å². The summed E-state index contributed by atoms with van der Waals surface area (Å²) in [4.78, 5) is 3.99. The predicted octanol–water partition coefficient (Wildman–Crippen LogP) is 0.793. The Morgan fingerprint density at radius 2 is 2.25 bits per heavy atom. The van der Waals surface area contributed by atoms with Crippen LogP contribution in [-0.2, 0) is 0 Å². The lowest BCUT2D eigenvalue weighted by molar-refractivity contribution is 0.318. The Kier molecular flexibility index (Phi) is 2.28. The highest BCUT2D eigenvalue weighted by Gasteiger charge is 2.05. The summed E-state index contributed by atoms with van der Waals surface area (Å²) in [5.41, 5.74) is 7.95. The van der Waals surface area contributed by atoms with E-state index in [9.17, 15) is 0 Å². The van der Waals surface area contributed by atoms with Crippen molar-refractivity contribution in [3.8, 4) is 0 Å². The molecule has 0 aliphatic rings. The molecule has 0 amide bonds. The third-order valence-electron chi connectivity index (χ3n) is 1.83. The third kappa shape index (κ3) is 1.37. The van der Waals surface area contributed by atoms with Gasteiger partial charge in [0.05, 0.1) is 0 Å². The minimum absolute atomic E-state index is 0.0520. The molecule has 0 atom stereocenters. The van der Waals surface area contributed by atoms with Gasteiger partial charge in [-0.25, -0.2) is 0 Å². The largest absolute Gasteiger partial charge is 0.409 e. The zero-order valence-electron chi connectivity index (χ0n) is 7.07. The minimum Gasteiger partial charge on any atom is -0.409 e. The zero-order valence-corrected chi connectivity index (χ0v) is 7.07. The van der Waals surface area contributed by atoms with E-state index < -0.39 is 0 Å². The van der Waals surface area contributed by atoms with E-state index in [1.54, 1.807) is 6.20 Å². The molecule has 0 fully saturated rings. The summed E-state index contributed by atoms with van der Waals surface area (Å²) in [7, 11) is 0. The van der Waals surface area contributed by atoms with E-state index in [0.717, 1.165) is 11.1 Å². The van der Waals surface area contributed by atoms with Crippen LogP contribution < -0.4 is 5.73 Å². The van der Waals surface area contributed by atoms with Crippen LogP contribution in [-0.4, -0.2) is 16.0 Å². The number of oxime groups is 1. The standard InChI is InChI=1S/C8H11N3O/c1-5-3-4-10-7(6(5)2)8(9)11-12/h3-4,12H,1-2H3,(H2,9,11). The lowest BCUT2D eigenvalue weighted by atomic mass is 10.1. The molecule has 12 heavy (non-hydrogen) atoms. The van der Waals surface area contributed by atoms with Crippen LogP contribution in [0.4, 0.5) is 0 Å². The summed E-state index contributed by atoms with van der Waals surface area (Å²) in [6.07, 6.45) is 1.63. The summed E-state index contributed by atoms with van der Waals surface area (Å²) in [6.45, 7) is 3.83. The van der Waals surface area contributed by atoms with Crippen molar-refractivity contribution >= 4 is 5.84 Å². The molecule has 0 unspecified atom stereocenters. The van der Waals surface area contributed by atoms with Crippen molar-refractivity contribution in [2.75, 3.05) is 0 Å². The second kappa shape index (κ2) is 3.21. The number of rotatable bonds is 1. The number of amidine groups is 1. The Labute approximate surface area is 70.7 Å². The fraction of sp³-hybridized carbons (Fsp3) is 0.250. The van der Waals surface area contributed by atoms with Gasteiger partial charge in [0.15, 0.2) is 5.84 Å². The van der Waals surface area contributed by atoms with E-state index in [4.69, 9.17) is 10.9 Å². The lowest BCUT2D eigenvalue weighted by Crippen LogP contribution is -2.16. The maximum absolute atomic E-state index is 8.43. The van der Waals surface area contributed by atoms with Crippen molar-refractivity contribution in [1.29, 1.82) is 0 Å². The topological polar surface area (TPSA) is 71.5 Å². The number of aryl methyl sites for hydroxylation is 1. The third-order valence-corrected chi connectivity index (χ3v) is 1.83. The van der Waals surface area contributed by atoms with Crippen molar-refractivity contribution in [2.45, 2.75) is 13.8 Å². The smallest absolute Gasteiger partial charge is 0.189 e. The van der Waals surface area contributed by atoms with Gasteiger partial charge in [0, 0.05) is 6.20 Å². The Morgan fingerprint density at radius 3 is 2.83 bits per heavy atom. The number of pyridine rings is 1. The number of hydrogen-bond acceptors (Lipinski definition) is 3. The second-order valence-electron chi connectivity index (χ2n) is 2.59. The fourth-order valence-electron chi connectivity index (χ4n) is 0.938. The van der Waals surface area contributed by atoms with Crippen molar-refractivity contribution in [1.82, 2.24) is 4.98 Å². The normalized spacial score (nSPS) is 11.7. The van der Waals surface area contributed by atoms with E-state index in [-0.39, 0.29) is 5.84 Å². The number of nitrogens with two attached hydrogens (primary N) is 1. The van der Waals surface area contributed by atoms with E-state index in [2.05, 4.69) is 10.1 Å². The highest BCUT2D eigenvalue weighted by molar-refractivity contribution is 5.96. The Balaban J connectivity index is 3.26. The van der Waals surface area contributed by atoms with Gasteiger partial charge in [-0.15, -0.1) is 0 Å². The molecule has 1 heterocycles. The number of aromatic nitrogens is 1. The van der Waals surface area contributed by atoms with Gasteiger partial charge in [0.25, 0.3) is 0 Å². The van der Waals surface area contributed by atoms with Gasteiger partial charge in [-0.3, -0.25) is 4.98 Å². The Bertz CT molecular complexity index is 320. The summed E-state index contributed by atoms with van der Waals surface area (Å²) in [6, 6.07) is 1.88. The van der Waals surface area contributed by atoms with Gasteiger partial charge in [0.2, 0.25) is 0 Å². The van der Waals surface area contributed by atoms with Crippen LogP contribution in [0.2, 0.25) is 0 Å².